The van der Waals surface area contributed by atoms with Gasteiger partial charge in [-0.15, -0.1) is 0 Å². The summed E-state index contributed by atoms with van der Waals surface area (Å²) in [6, 6.07) is 11.9. The minimum atomic E-state index is 0.750. The number of anilines is 3. The molecule has 3 N–H and O–H groups in total. The van der Waals surface area contributed by atoms with Crippen LogP contribution in [0.4, 0.5) is 17.1 Å². The predicted octanol–water partition coefficient (Wildman–Crippen LogP) is 4.85. The zero-order chi connectivity index (χ0) is 12.4. The molecule has 0 aliphatic carbocycles. The molecule has 0 bridgehead atoms. The highest BCUT2D eigenvalue weighted by molar-refractivity contribution is 9.11. The standard InChI is InChI=1S/C13H12Br2N2/c1-8-3-2-4-11(16)13(8)17-12-6-5-9(14)7-10(12)15/h2-7,17H,16H2,1H3. The second-order valence-corrected chi connectivity index (χ2v) is 5.56. The van der Waals surface area contributed by atoms with Crippen molar-refractivity contribution in [2.24, 2.45) is 0 Å². The lowest BCUT2D eigenvalue weighted by molar-refractivity contribution is 1.42. The van der Waals surface area contributed by atoms with Gasteiger partial charge in [0, 0.05) is 8.95 Å². The Bertz CT molecular complexity index is 533. The molecule has 2 rings (SSSR count). The van der Waals surface area contributed by atoms with Gasteiger partial charge in [0.2, 0.25) is 0 Å². The van der Waals surface area contributed by atoms with Gasteiger partial charge in [-0.2, -0.15) is 0 Å². The van der Waals surface area contributed by atoms with Crippen molar-refractivity contribution < 1.29 is 0 Å². The van der Waals surface area contributed by atoms with E-state index in [4.69, 9.17) is 5.73 Å². The first-order chi connectivity index (χ1) is 8.08. The number of hydrogen-bond acceptors (Lipinski definition) is 2. The van der Waals surface area contributed by atoms with Gasteiger partial charge < -0.3 is 11.1 Å². The SMILES string of the molecule is Cc1cccc(N)c1Nc1ccc(Br)cc1Br. The Morgan fingerprint density at radius 3 is 2.53 bits per heavy atom. The van der Waals surface area contributed by atoms with Crippen LogP contribution in [0.5, 0.6) is 0 Å². The van der Waals surface area contributed by atoms with Crippen molar-refractivity contribution in [2.45, 2.75) is 6.92 Å². The lowest BCUT2D eigenvalue weighted by Gasteiger charge is -2.13. The topological polar surface area (TPSA) is 38.0 Å². The van der Waals surface area contributed by atoms with Gasteiger partial charge in [-0.05, 0) is 52.7 Å². The van der Waals surface area contributed by atoms with Gasteiger partial charge in [0.15, 0.2) is 0 Å². The fraction of sp³-hybridized carbons (Fsp3) is 0.0769. The quantitative estimate of drug-likeness (QED) is 0.756. The summed E-state index contributed by atoms with van der Waals surface area (Å²) in [4.78, 5) is 0. The van der Waals surface area contributed by atoms with E-state index in [2.05, 4.69) is 37.2 Å². The summed E-state index contributed by atoms with van der Waals surface area (Å²) in [7, 11) is 0. The monoisotopic (exact) mass is 354 g/mol. The normalized spacial score (nSPS) is 10.3. The lowest BCUT2D eigenvalue weighted by atomic mass is 10.1. The fourth-order valence-corrected chi connectivity index (χ4v) is 2.73. The van der Waals surface area contributed by atoms with Crippen LogP contribution in [0.2, 0.25) is 0 Å². The van der Waals surface area contributed by atoms with Gasteiger partial charge in [-0.1, -0.05) is 28.1 Å². The van der Waals surface area contributed by atoms with Crippen LogP contribution in [0.3, 0.4) is 0 Å². The lowest BCUT2D eigenvalue weighted by Crippen LogP contribution is -1.99. The molecule has 2 nitrogen and oxygen atoms in total. The van der Waals surface area contributed by atoms with Crippen LogP contribution in [-0.2, 0) is 0 Å². The van der Waals surface area contributed by atoms with E-state index in [1.165, 1.54) is 0 Å². The maximum Gasteiger partial charge on any atom is 0.0647 e. The minimum absolute atomic E-state index is 0.750. The Kier molecular flexibility index (Phi) is 3.74. The van der Waals surface area contributed by atoms with Crippen LogP contribution in [0.1, 0.15) is 5.56 Å². The molecule has 0 fully saturated rings. The van der Waals surface area contributed by atoms with E-state index in [-0.39, 0.29) is 0 Å². The van der Waals surface area contributed by atoms with Crippen molar-refractivity contribution in [3.63, 3.8) is 0 Å². The van der Waals surface area contributed by atoms with Gasteiger partial charge in [0.1, 0.15) is 0 Å². The van der Waals surface area contributed by atoms with Gasteiger partial charge in [0.25, 0.3) is 0 Å². The molecule has 0 spiro atoms. The third-order valence-electron chi connectivity index (χ3n) is 2.50. The van der Waals surface area contributed by atoms with Gasteiger partial charge in [-0.3, -0.25) is 0 Å². The van der Waals surface area contributed by atoms with E-state index in [0.717, 1.165) is 31.6 Å². The van der Waals surface area contributed by atoms with Gasteiger partial charge in [0.05, 0.1) is 17.1 Å². The Hall–Kier alpha value is -1.000. The summed E-state index contributed by atoms with van der Waals surface area (Å²) in [6.07, 6.45) is 0. The Morgan fingerprint density at radius 1 is 1.12 bits per heavy atom. The van der Waals surface area contributed by atoms with Gasteiger partial charge >= 0.3 is 0 Å². The summed E-state index contributed by atoms with van der Waals surface area (Å²) in [5.74, 6) is 0. The first-order valence-electron chi connectivity index (χ1n) is 5.15. The molecule has 4 heteroatoms. The number of benzene rings is 2. The molecule has 88 valence electrons. The molecule has 17 heavy (non-hydrogen) atoms. The van der Waals surface area contributed by atoms with E-state index >= 15 is 0 Å². The molecule has 0 amide bonds. The molecule has 0 unspecified atom stereocenters. The van der Waals surface area contributed by atoms with E-state index in [1.807, 2.05) is 43.3 Å². The second-order valence-electron chi connectivity index (χ2n) is 3.79. The predicted molar refractivity (Wildman–Crippen MR) is 80.7 cm³/mol. The number of nitrogens with two attached hydrogens (primary N) is 1. The molecule has 0 saturated heterocycles. The fourth-order valence-electron chi connectivity index (χ4n) is 1.59. The van der Waals surface area contributed by atoms with Crippen LogP contribution in [0.15, 0.2) is 45.3 Å². The molecule has 0 heterocycles. The van der Waals surface area contributed by atoms with Crippen molar-refractivity contribution in [1.82, 2.24) is 0 Å². The number of nitrogens with one attached hydrogen (secondary N) is 1. The number of para-hydroxylation sites is 1. The van der Waals surface area contributed by atoms with E-state index in [0.29, 0.717) is 0 Å². The average Bonchev–Trinajstić information content (AvgIpc) is 2.26. The molecular weight excluding hydrogens is 344 g/mol. The van der Waals surface area contributed by atoms with Crippen molar-refractivity contribution in [1.29, 1.82) is 0 Å². The summed E-state index contributed by atoms with van der Waals surface area (Å²) < 4.78 is 2.03. The van der Waals surface area contributed by atoms with Crippen LogP contribution in [0.25, 0.3) is 0 Å². The maximum absolute atomic E-state index is 5.96. The molecule has 0 aliphatic heterocycles. The third kappa shape index (κ3) is 2.82. The van der Waals surface area contributed by atoms with E-state index < -0.39 is 0 Å². The Morgan fingerprint density at radius 2 is 1.88 bits per heavy atom. The van der Waals surface area contributed by atoms with Crippen LogP contribution >= 0.6 is 31.9 Å². The average molecular weight is 356 g/mol. The minimum Gasteiger partial charge on any atom is -0.397 e. The molecule has 0 radical (unpaired) electrons. The maximum atomic E-state index is 5.96. The smallest absolute Gasteiger partial charge is 0.0647 e. The number of halogens is 2. The number of rotatable bonds is 2. The molecule has 0 aliphatic rings. The van der Waals surface area contributed by atoms with Crippen LogP contribution < -0.4 is 11.1 Å². The van der Waals surface area contributed by atoms with Crippen molar-refractivity contribution in [2.75, 3.05) is 11.1 Å². The molecule has 2 aromatic rings. The summed E-state index contributed by atoms with van der Waals surface area (Å²) in [6.45, 7) is 2.03. The number of nitrogen functional groups attached to an aromatic ring is 1. The van der Waals surface area contributed by atoms with Crippen LogP contribution in [0, 0.1) is 6.92 Å². The summed E-state index contributed by atoms with van der Waals surface area (Å²) in [5, 5.41) is 3.34. The number of aryl methyl sites for hydroxylation is 1. The van der Waals surface area contributed by atoms with Crippen molar-refractivity contribution >= 4 is 48.9 Å². The molecule has 2 aromatic carbocycles. The number of hydrogen-bond donors (Lipinski definition) is 2. The zero-order valence-corrected chi connectivity index (χ0v) is 12.5. The first-order valence-corrected chi connectivity index (χ1v) is 6.73. The molecule has 0 aromatic heterocycles. The highest BCUT2D eigenvalue weighted by Crippen LogP contribution is 2.32. The largest absolute Gasteiger partial charge is 0.397 e. The molecular formula is C13H12Br2N2. The van der Waals surface area contributed by atoms with Gasteiger partial charge in [-0.25, -0.2) is 0 Å². The van der Waals surface area contributed by atoms with Crippen LogP contribution in [-0.4, -0.2) is 0 Å². The Balaban J connectivity index is 2.38. The summed E-state index contributed by atoms with van der Waals surface area (Å²) >= 11 is 6.95. The molecule has 0 atom stereocenters. The zero-order valence-electron chi connectivity index (χ0n) is 9.30. The van der Waals surface area contributed by atoms with Crippen molar-refractivity contribution in [3.8, 4) is 0 Å². The third-order valence-corrected chi connectivity index (χ3v) is 3.65. The summed E-state index contributed by atoms with van der Waals surface area (Å²) in [5.41, 5.74) is 9.79. The molecule has 0 saturated carbocycles. The van der Waals surface area contributed by atoms with E-state index in [9.17, 15) is 0 Å². The second kappa shape index (κ2) is 5.10. The Labute approximate surface area is 117 Å². The highest BCUT2D eigenvalue weighted by Gasteiger charge is 2.05. The van der Waals surface area contributed by atoms with Crippen molar-refractivity contribution in [3.05, 3.63) is 50.9 Å². The first kappa shape index (κ1) is 12.5. The van der Waals surface area contributed by atoms with E-state index in [1.54, 1.807) is 0 Å². The highest BCUT2D eigenvalue weighted by atomic mass is 79.9.